The van der Waals surface area contributed by atoms with Crippen LogP contribution in [0.3, 0.4) is 0 Å². The molecule has 17 atom stereocenters. The molecular formula is C60H107IO10Si3. The van der Waals surface area contributed by atoms with Crippen LogP contribution < -0.4 is 0 Å². The van der Waals surface area contributed by atoms with Crippen LogP contribution in [0.4, 0.5) is 0 Å². The molecule has 5 saturated heterocycles. The summed E-state index contributed by atoms with van der Waals surface area (Å²) in [6, 6.07) is 0. The highest BCUT2D eigenvalue weighted by Crippen LogP contribution is 2.49. The largest absolute Gasteiger partial charge is 0.408 e. The molecule has 0 spiro atoms. The quantitative estimate of drug-likeness (QED) is 0.0425. The number of fused-ring (bicyclic) bond motifs is 1. The van der Waals surface area contributed by atoms with Gasteiger partial charge in [0.1, 0.15) is 36.5 Å². The van der Waals surface area contributed by atoms with Crippen molar-refractivity contribution in [3.8, 4) is 0 Å². The molecule has 0 aromatic heterocycles. The van der Waals surface area contributed by atoms with Crippen LogP contribution in [0, 0.1) is 23.7 Å². The molecule has 0 radical (unpaired) electrons. The van der Waals surface area contributed by atoms with E-state index < -0.39 is 49.4 Å². The molecule has 0 N–H and O–H groups in total. The fraction of sp³-hybridized carbons (Fsp3) is 0.867. The number of ether oxygens (including phenoxy) is 5. The van der Waals surface area contributed by atoms with Crippen LogP contribution in [0.25, 0.3) is 0 Å². The summed E-state index contributed by atoms with van der Waals surface area (Å²) >= 11 is 2.32. The van der Waals surface area contributed by atoms with Gasteiger partial charge < -0.3 is 41.8 Å². The molecular weight excluding hydrogens is 1090 g/mol. The average molecular weight is 1200 g/mol. The van der Waals surface area contributed by atoms with Gasteiger partial charge in [-0.2, -0.15) is 0 Å². The van der Waals surface area contributed by atoms with E-state index in [9.17, 15) is 9.59 Å². The van der Waals surface area contributed by atoms with Crippen LogP contribution >= 0.6 is 22.6 Å². The zero-order valence-corrected chi connectivity index (χ0v) is 55.3. The molecule has 5 aliphatic heterocycles. The molecule has 0 aromatic rings. The standard InChI is InChI=1S/C60H107IO10Si3/c1-22-38(2)32-51-42(6)47(53(67-51)37-52-41(5)39(3)33-45(65-52)25-27-48-40(4)34-44(64-48)24-23-31-62)36-43(63)35-46-26-28-49-54(66-46)56(70-73(18,19)59(10,11)12)57(71-74(20,21)60(13,14)15)55(68-49)50(29-30-61)69-72(16,17)58(7,8)9/h29-31,38-39,42,44-57H,4-5,22-28,32-37H2,1-3,6-21H3/b30-29+/t38-,39-,42-,44+,45+,46?,47-,48?,49+,50+,51-,52?,53+,54+,55+,56+,57-/m1/s1. The first-order chi connectivity index (χ1) is 34.1. The summed E-state index contributed by atoms with van der Waals surface area (Å²) in [4.78, 5) is 25.8. The number of halogens is 1. The number of carbonyl (C=O) groups excluding carboxylic acids is 2. The lowest BCUT2D eigenvalue weighted by molar-refractivity contribution is -0.266. The van der Waals surface area contributed by atoms with Gasteiger partial charge in [0.25, 0.3) is 0 Å². The summed E-state index contributed by atoms with van der Waals surface area (Å²) in [5.74, 6) is 1.32. The summed E-state index contributed by atoms with van der Waals surface area (Å²) < 4.78 is 59.8. The van der Waals surface area contributed by atoms with E-state index in [4.69, 9.17) is 37.0 Å². The van der Waals surface area contributed by atoms with E-state index in [0.717, 1.165) is 75.2 Å². The van der Waals surface area contributed by atoms with E-state index in [1.165, 1.54) is 0 Å². The molecule has 5 aliphatic rings. The van der Waals surface area contributed by atoms with Gasteiger partial charge >= 0.3 is 0 Å². The number of hydrogen-bond donors (Lipinski definition) is 0. The Morgan fingerprint density at radius 2 is 1.36 bits per heavy atom. The SMILES string of the molecule is C=C1C[C@H](CCC=O)OC1CC[C@H]1C[C@@H](C)C(=C)C(C[C@@H]2O[C@H](C[C@H](C)CC)[C@H](C)[C@H]2CC(=O)CC2CC[C@@H]3O[C@@H]([C@H](/C=C/I)O[Si](C)(C)C(C)(C)C)[C@@H](O[Si](C)(C)C(C)(C)C)[C@@H](O[Si](C)(C)C(C)(C)C)[C@H]3O2)O1. The van der Waals surface area contributed by atoms with Crippen LogP contribution in [-0.2, 0) is 46.6 Å². The first-order valence-corrected chi connectivity index (χ1v) is 39.0. The molecule has 74 heavy (non-hydrogen) atoms. The second-order valence-electron chi connectivity index (χ2n) is 28.3. The van der Waals surface area contributed by atoms with Gasteiger partial charge in [0.2, 0.25) is 0 Å². The molecule has 0 aliphatic carbocycles. The van der Waals surface area contributed by atoms with E-state index in [2.05, 4.69) is 175 Å². The van der Waals surface area contributed by atoms with Crippen LogP contribution in [0.1, 0.15) is 173 Å². The zero-order chi connectivity index (χ0) is 55.5. The number of aldehydes is 1. The molecule has 5 rings (SSSR count). The Kier molecular flexibility index (Phi) is 22.7. The molecule has 14 heteroatoms. The maximum atomic E-state index is 14.8. The third-order valence-corrected chi connectivity index (χ3v) is 33.4. The van der Waals surface area contributed by atoms with E-state index in [0.29, 0.717) is 37.5 Å². The Hall–Kier alpha value is -0.379. The minimum atomic E-state index is -2.43. The highest BCUT2D eigenvalue weighted by Gasteiger charge is 2.58. The molecule has 3 unspecified atom stereocenters. The van der Waals surface area contributed by atoms with Gasteiger partial charge in [0.15, 0.2) is 25.0 Å². The molecule has 0 amide bonds. The van der Waals surface area contributed by atoms with Crippen molar-refractivity contribution in [1.82, 2.24) is 0 Å². The molecule has 5 heterocycles. The number of hydrogen-bond acceptors (Lipinski definition) is 10. The zero-order valence-electron chi connectivity index (χ0n) is 50.1. The van der Waals surface area contributed by atoms with Crippen molar-refractivity contribution in [3.63, 3.8) is 0 Å². The van der Waals surface area contributed by atoms with E-state index in [1.807, 2.05) is 0 Å². The summed E-state index contributed by atoms with van der Waals surface area (Å²) in [6.07, 6.45) is 10.3. The molecule has 0 bridgehead atoms. The van der Waals surface area contributed by atoms with Crippen molar-refractivity contribution >= 4 is 59.6 Å². The monoisotopic (exact) mass is 1200 g/mol. The fourth-order valence-electron chi connectivity index (χ4n) is 11.2. The minimum Gasteiger partial charge on any atom is -0.408 e. The van der Waals surface area contributed by atoms with Crippen LogP contribution in [0.2, 0.25) is 54.4 Å². The molecule has 0 saturated carbocycles. The Bertz CT molecular complexity index is 1900. The fourth-order valence-corrected chi connectivity index (χ4v) is 15.5. The Morgan fingerprint density at radius 3 is 1.95 bits per heavy atom. The maximum Gasteiger partial charge on any atom is 0.193 e. The molecule has 0 aromatic carbocycles. The summed E-state index contributed by atoms with van der Waals surface area (Å²) in [6.45, 7) is 52.6. The van der Waals surface area contributed by atoms with Crippen molar-refractivity contribution in [3.05, 3.63) is 34.5 Å². The van der Waals surface area contributed by atoms with E-state index >= 15 is 0 Å². The summed E-state index contributed by atoms with van der Waals surface area (Å²) in [5.41, 5.74) is 2.25. The van der Waals surface area contributed by atoms with Crippen LogP contribution in [-0.4, -0.2) is 116 Å². The first-order valence-electron chi connectivity index (χ1n) is 29.0. The number of ketones is 1. The van der Waals surface area contributed by atoms with Crippen molar-refractivity contribution in [1.29, 1.82) is 0 Å². The predicted octanol–water partition coefficient (Wildman–Crippen LogP) is 15.4. The van der Waals surface area contributed by atoms with Crippen molar-refractivity contribution in [2.24, 2.45) is 23.7 Å². The summed E-state index contributed by atoms with van der Waals surface area (Å²) in [7, 11) is -7.14. The Morgan fingerprint density at radius 1 is 0.757 bits per heavy atom. The summed E-state index contributed by atoms with van der Waals surface area (Å²) in [5, 5.41) is -0.146. The second kappa shape index (κ2) is 26.0. The van der Waals surface area contributed by atoms with Crippen molar-refractivity contribution in [2.75, 3.05) is 0 Å². The van der Waals surface area contributed by atoms with Crippen molar-refractivity contribution in [2.45, 2.75) is 307 Å². The smallest absolute Gasteiger partial charge is 0.193 e. The number of Topliss-reactive ketones (excluding diaryl/α,β-unsaturated/α-hetero) is 1. The molecule has 426 valence electrons. The van der Waals surface area contributed by atoms with Gasteiger partial charge in [-0.3, -0.25) is 4.79 Å². The minimum absolute atomic E-state index is 0.00127. The third-order valence-electron chi connectivity index (χ3n) is 19.6. The normalized spacial score (nSPS) is 34.8. The third kappa shape index (κ3) is 16.2. The average Bonchev–Trinajstić information content (AvgIpc) is 3.78. The van der Waals surface area contributed by atoms with Gasteiger partial charge in [-0.1, -0.05) is 132 Å². The molecule has 5 fully saturated rings. The molecule has 10 nitrogen and oxygen atoms in total. The van der Waals surface area contributed by atoms with Gasteiger partial charge in [0.05, 0.1) is 54.9 Å². The van der Waals surface area contributed by atoms with Crippen molar-refractivity contribution < 1.29 is 46.6 Å². The lowest BCUT2D eigenvalue weighted by Crippen LogP contribution is -2.69. The predicted molar refractivity (Wildman–Crippen MR) is 319 cm³/mol. The maximum absolute atomic E-state index is 14.8. The van der Waals surface area contributed by atoms with Gasteiger partial charge in [-0.15, -0.1) is 0 Å². The second-order valence-corrected chi connectivity index (χ2v) is 43.3. The Labute approximate surface area is 468 Å². The Balaban J connectivity index is 1.39. The lowest BCUT2D eigenvalue weighted by Gasteiger charge is -2.56. The van der Waals surface area contributed by atoms with E-state index in [-0.39, 0.29) is 87.7 Å². The highest BCUT2D eigenvalue weighted by atomic mass is 127. The van der Waals surface area contributed by atoms with Crippen LogP contribution in [0.15, 0.2) is 34.5 Å². The lowest BCUT2D eigenvalue weighted by atomic mass is 9.78. The first kappa shape index (κ1) is 64.4. The van der Waals surface area contributed by atoms with Gasteiger partial charge in [-0.05, 0) is 151 Å². The van der Waals surface area contributed by atoms with E-state index in [1.54, 1.807) is 0 Å². The van der Waals surface area contributed by atoms with Gasteiger partial charge in [0, 0.05) is 25.7 Å². The number of carbonyl (C=O) groups is 2. The number of rotatable bonds is 23. The topological polar surface area (TPSA) is 108 Å². The van der Waals surface area contributed by atoms with Crippen LogP contribution in [0.5, 0.6) is 0 Å². The highest BCUT2D eigenvalue weighted by molar-refractivity contribution is 14.1. The van der Waals surface area contributed by atoms with Gasteiger partial charge in [-0.25, -0.2) is 0 Å².